The Kier molecular flexibility index (Phi) is 4.37. The van der Waals surface area contributed by atoms with Crippen LogP contribution in [0.15, 0.2) is 18.2 Å². The van der Waals surface area contributed by atoms with E-state index in [0.29, 0.717) is 25.2 Å². The Labute approximate surface area is 112 Å². The van der Waals surface area contributed by atoms with Gasteiger partial charge < -0.3 is 16.0 Å². The maximum atomic E-state index is 14.1. The second-order valence-electron chi connectivity index (χ2n) is 4.82. The van der Waals surface area contributed by atoms with Crippen molar-refractivity contribution in [3.05, 3.63) is 29.6 Å². The number of nitrogens with zero attached hydrogens (tertiary/aromatic N) is 1. The zero-order valence-electron chi connectivity index (χ0n) is 11.2. The van der Waals surface area contributed by atoms with Gasteiger partial charge in [0.1, 0.15) is 11.9 Å². The lowest BCUT2D eigenvalue weighted by Gasteiger charge is -2.25. The Balaban J connectivity index is 2.18. The van der Waals surface area contributed by atoms with Crippen LogP contribution in [0.25, 0.3) is 0 Å². The molecule has 1 aliphatic rings. The van der Waals surface area contributed by atoms with Gasteiger partial charge in [-0.05, 0) is 37.1 Å². The zero-order valence-corrected chi connectivity index (χ0v) is 11.2. The number of benzene rings is 1. The Morgan fingerprint density at radius 1 is 1.58 bits per heavy atom. The van der Waals surface area contributed by atoms with Crippen molar-refractivity contribution in [3.8, 4) is 0 Å². The van der Waals surface area contributed by atoms with Crippen LogP contribution in [0.5, 0.6) is 0 Å². The van der Waals surface area contributed by atoms with E-state index in [2.05, 4.69) is 5.32 Å². The van der Waals surface area contributed by atoms with Gasteiger partial charge >= 0.3 is 0 Å². The van der Waals surface area contributed by atoms with E-state index in [1.54, 1.807) is 11.0 Å². The van der Waals surface area contributed by atoms with E-state index in [0.717, 1.165) is 18.5 Å². The fraction of sp³-hybridized carbons (Fsp3) is 0.500. The van der Waals surface area contributed by atoms with E-state index < -0.39 is 0 Å². The third-order valence-electron chi connectivity index (χ3n) is 3.48. The maximum absolute atomic E-state index is 14.1. The van der Waals surface area contributed by atoms with Crippen molar-refractivity contribution < 1.29 is 9.18 Å². The van der Waals surface area contributed by atoms with Crippen LogP contribution in [0, 0.1) is 5.82 Å². The summed E-state index contributed by atoms with van der Waals surface area (Å²) < 4.78 is 14.1. The van der Waals surface area contributed by atoms with Crippen LogP contribution in [-0.2, 0) is 11.3 Å². The van der Waals surface area contributed by atoms with E-state index in [1.807, 2.05) is 13.0 Å². The summed E-state index contributed by atoms with van der Waals surface area (Å²) in [5, 5.41) is 3.15. The van der Waals surface area contributed by atoms with Gasteiger partial charge in [-0.25, -0.2) is 4.39 Å². The predicted octanol–water partition coefficient (Wildman–Crippen LogP) is 1.39. The van der Waals surface area contributed by atoms with Crippen LogP contribution in [0.1, 0.15) is 25.3 Å². The largest absolute Gasteiger partial charge is 0.368 e. The molecule has 1 heterocycles. The van der Waals surface area contributed by atoms with E-state index in [4.69, 9.17) is 5.73 Å². The van der Waals surface area contributed by atoms with Crippen molar-refractivity contribution >= 4 is 11.6 Å². The summed E-state index contributed by atoms with van der Waals surface area (Å²) in [5.41, 5.74) is 6.73. The Bertz CT molecular complexity index is 464. The molecule has 104 valence electrons. The normalized spacial score (nSPS) is 18.8. The summed E-state index contributed by atoms with van der Waals surface area (Å²) >= 11 is 0. The molecular weight excluding hydrogens is 245 g/mol. The molecule has 4 nitrogen and oxygen atoms in total. The number of carbonyl (C=O) groups excluding carboxylic acids is 1. The second-order valence-corrected chi connectivity index (χ2v) is 4.82. The molecular formula is C14H20FN3O. The van der Waals surface area contributed by atoms with Crippen molar-refractivity contribution in [2.45, 2.75) is 32.4 Å². The standard InChI is InChI=1S/C14H20FN3O/c1-2-17-9-10-5-6-12(11(15)8-10)18-7-3-4-13(18)14(16)19/h5-6,8,13,17H,2-4,7,9H2,1H3,(H2,16,19). The third kappa shape index (κ3) is 3.04. The SMILES string of the molecule is CCNCc1ccc(N2CCCC2C(N)=O)c(F)c1. The topological polar surface area (TPSA) is 58.4 Å². The van der Waals surface area contributed by atoms with Gasteiger partial charge in [0.05, 0.1) is 5.69 Å². The monoisotopic (exact) mass is 265 g/mol. The van der Waals surface area contributed by atoms with Crippen LogP contribution >= 0.6 is 0 Å². The molecule has 0 aromatic heterocycles. The molecule has 0 aliphatic carbocycles. The Morgan fingerprint density at radius 3 is 3.00 bits per heavy atom. The fourth-order valence-electron chi connectivity index (χ4n) is 2.51. The van der Waals surface area contributed by atoms with Crippen LogP contribution in [0.2, 0.25) is 0 Å². The van der Waals surface area contributed by atoms with Crippen molar-refractivity contribution in [1.29, 1.82) is 0 Å². The molecule has 1 saturated heterocycles. The molecule has 1 unspecified atom stereocenters. The lowest BCUT2D eigenvalue weighted by Crippen LogP contribution is -2.40. The second kappa shape index (κ2) is 6.02. The number of nitrogens with one attached hydrogen (secondary N) is 1. The van der Waals surface area contributed by atoms with Crippen molar-refractivity contribution in [2.24, 2.45) is 5.73 Å². The molecule has 1 amide bonds. The quantitative estimate of drug-likeness (QED) is 0.846. The highest BCUT2D eigenvalue weighted by Gasteiger charge is 2.30. The number of primary amides is 1. The van der Waals surface area contributed by atoms with Gasteiger partial charge in [0.2, 0.25) is 5.91 Å². The van der Waals surface area contributed by atoms with Gasteiger partial charge in [0, 0.05) is 13.1 Å². The Hall–Kier alpha value is -1.62. The summed E-state index contributed by atoms with van der Waals surface area (Å²) in [6.07, 6.45) is 1.57. The number of carbonyl (C=O) groups is 1. The molecule has 1 atom stereocenters. The summed E-state index contributed by atoms with van der Waals surface area (Å²) in [5.74, 6) is -0.669. The molecule has 19 heavy (non-hydrogen) atoms. The summed E-state index contributed by atoms with van der Waals surface area (Å²) in [6.45, 7) is 4.18. The van der Waals surface area contributed by atoms with Crippen molar-refractivity contribution in [1.82, 2.24) is 5.32 Å². The summed E-state index contributed by atoms with van der Waals surface area (Å²) in [6, 6.07) is 4.77. The van der Waals surface area contributed by atoms with Crippen LogP contribution in [0.3, 0.4) is 0 Å². The maximum Gasteiger partial charge on any atom is 0.240 e. The molecule has 3 N–H and O–H groups in total. The van der Waals surface area contributed by atoms with Crippen molar-refractivity contribution in [2.75, 3.05) is 18.0 Å². The molecule has 1 aromatic carbocycles. The van der Waals surface area contributed by atoms with Gasteiger partial charge in [-0.15, -0.1) is 0 Å². The van der Waals surface area contributed by atoms with E-state index in [-0.39, 0.29) is 17.8 Å². The lowest BCUT2D eigenvalue weighted by molar-refractivity contribution is -0.119. The summed E-state index contributed by atoms with van der Waals surface area (Å²) in [7, 11) is 0. The van der Waals surface area contributed by atoms with E-state index >= 15 is 0 Å². The van der Waals surface area contributed by atoms with E-state index in [1.165, 1.54) is 6.07 Å². The first kappa shape index (κ1) is 13.8. The fourth-order valence-corrected chi connectivity index (χ4v) is 2.51. The molecule has 5 heteroatoms. The van der Waals surface area contributed by atoms with Crippen LogP contribution in [-0.4, -0.2) is 25.0 Å². The number of hydrogen-bond acceptors (Lipinski definition) is 3. The summed E-state index contributed by atoms with van der Waals surface area (Å²) in [4.78, 5) is 13.1. The minimum Gasteiger partial charge on any atom is -0.368 e. The van der Waals surface area contributed by atoms with Crippen molar-refractivity contribution in [3.63, 3.8) is 0 Å². The Morgan fingerprint density at radius 2 is 2.37 bits per heavy atom. The minimum atomic E-state index is -0.381. The predicted molar refractivity (Wildman–Crippen MR) is 73.3 cm³/mol. The van der Waals surface area contributed by atoms with Gasteiger partial charge in [-0.3, -0.25) is 4.79 Å². The van der Waals surface area contributed by atoms with Gasteiger partial charge in [-0.2, -0.15) is 0 Å². The average Bonchev–Trinajstić information content (AvgIpc) is 2.85. The van der Waals surface area contributed by atoms with Gasteiger partial charge in [-0.1, -0.05) is 13.0 Å². The first-order chi connectivity index (χ1) is 9.13. The number of halogens is 1. The molecule has 0 bridgehead atoms. The molecule has 2 rings (SSSR count). The third-order valence-corrected chi connectivity index (χ3v) is 3.48. The zero-order chi connectivity index (χ0) is 13.8. The minimum absolute atomic E-state index is 0.288. The molecule has 0 saturated carbocycles. The molecule has 0 spiro atoms. The first-order valence-corrected chi connectivity index (χ1v) is 6.68. The lowest BCUT2D eigenvalue weighted by atomic mass is 10.1. The number of rotatable bonds is 5. The first-order valence-electron chi connectivity index (χ1n) is 6.68. The highest BCUT2D eigenvalue weighted by Crippen LogP contribution is 2.28. The highest BCUT2D eigenvalue weighted by atomic mass is 19.1. The smallest absolute Gasteiger partial charge is 0.240 e. The molecule has 0 radical (unpaired) electrons. The molecule has 1 aromatic rings. The number of amides is 1. The average molecular weight is 265 g/mol. The highest BCUT2D eigenvalue weighted by molar-refractivity contribution is 5.84. The number of hydrogen-bond donors (Lipinski definition) is 2. The van der Waals surface area contributed by atoms with E-state index in [9.17, 15) is 9.18 Å². The number of nitrogens with two attached hydrogens (primary N) is 1. The molecule has 1 aliphatic heterocycles. The molecule has 1 fully saturated rings. The van der Waals surface area contributed by atoms with Gasteiger partial charge in [0.25, 0.3) is 0 Å². The van der Waals surface area contributed by atoms with Crippen LogP contribution < -0.4 is 16.0 Å². The van der Waals surface area contributed by atoms with Crippen LogP contribution in [0.4, 0.5) is 10.1 Å². The van der Waals surface area contributed by atoms with Gasteiger partial charge in [0.15, 0.2) is 0 Å². The number of anilines is 1.